The van der Waals surface area contributed by atoms with Crippen LogP contribution in [0.5, 0.6) is 0 Å². The van der Waals surface area contributed by atoms with Crippen molar-refractivity contribution in [3.05, 3.63) is 47.4 Å². The van der Waals surface area contributed by atoms with Gasteiger partial charge in [0.25, 0.3) is 5.91 Å². The molecule has 7 nitrogen and oxygen atoms in total. The number of hydrogen-bond donors (Lipinski definition) is 2. The smallest absolute Gasteiger partial charge is 0.277 e. The summed E-state index contributed by atoms with van der Waals surface area (Å²) in [7, 11) is 1.50. The Kier molecular flexibility index (Phi) is 5.28. The van der Waals surface area contributed by atoms with Gasteiger partial charge in [-0.25, -0.2) is 9.37 Å². The Morgan fingerprint density at radius 2 is 2.35 bits per heavy atom. The Bertz CT molecular complexity index is 854. The fourth-order valence-electron chi connectivity index (χ4n) is 2.70. The maximum absolute atomic E-state index is 14.4. The van der Waals surface area contributed by atoms with Crippen LogP contribution in [0, 0.1) is 5.82 Å². The minimum atomic E-state index is -0.764. The van der Waals surface area contributed by atoms with E-state index in [0.29, 0.717) is 28.7 Å². The van der Waals surface area contributed by atoms with Crippen molar-refractivity contribution in [3.63, 3.8) is 0 Å². The maximum Gasteiger partial charge on any atom is 0.277 e. The van der Waals surface area contributed by atoms with Crippen molar-refractivity contribution in [1.82, 2.24) is 4.98 Å². The molecule has 26 heavy (non-hydrogen) atoms. The van der Waals surface area contributed by atoms with Crippen LogP contribution in [0.15, 0.2) is 33.9 Å². The Hall–Kier alpha value is -2.39. The molecular formula is C17H19FN4O3S. The number of hydrogen-bond acceptors (Lipinski definition) is 7. The van der Waals surface area contributed by atoms with Gasteiger partial charge in [-0.05, 0) is 31.5 Å². The molecule has 1 aliphatic rings. The van der Waals surface area contributed by atoms with Gasteiger partial charge in [-0.15, -0.1) is 0 Å². The predicted octanol–water partition coefficient (Wildman–Crippen LogP) is 2.88. The highest BCUT2D eigenvalue weighted by Crippen LogP contribution is 2.37. The highest BCUT2D eigenvalue weighted by atomic mass is 32.2. The van der Waals surface area contributed by atoms with E-state index < -0.39 is 17.3 Å². The van der Waals surface area contributed by atoms with E-state index in [0.717, 1.165) is 5.75 Å². The summed E-state index contributed by atoms with van der Waals surface area (Å²) in [6.45, 7) is 2.00. The molecule has 9 heteroatoms. The third-order valence-electron chi connectivity index (χ3n) is 4.05. The number of carbonyl (C=O) groups is 1. The number of nitrogens with zero attached hydrogens (tertiary/aromatic N) is 2. The molecule has 3 N–H and O–H groups in total. The van der Waals surface area contributed by atoms with Gasteiger partial charge < -0.3 is 20.2 Å². The van der Waals surface area contributed by atoms with E-state index in [4.69, 9.17) is 14.9 Å². The Morgan fingerprint density at radius 1 is 1.54 bits per heavy atom. The van der Waals surface area contributed by atoms with Gasteiger partial charge in [-0.2, -0.15) is 0 Å². The largest absolute Gasteiger partial charge is 0.446 e. The van der Waals surface area contributed by atoms with Crippen LogP contribution in [0.3, 0.4) is 0 Å². The van der Waals surface area contributed by atoms with Gasteiger partial charge in [0.15, 0.2) is 10.9 Å². The first kappa shape index (κ1) is 18.4. The van der Waals surface area contributed by atoms with Crippen LogP contribution >= 0.6 is 11.8 Å². The minimum Gasteiger partial charge on any atom is -0.446 e. The molecule has 1 aliphatic heterocycles. The van der Waals surface area contributed by atoms with Crippen LogP contribution in [0.1, 0.15) is 35.3 Å². The number of amides is 1. The van der Waals surface area contributed by atoms with E-state index in [9.17, 15) is 9.18 Å². The van der Waals surface area contributed by atoms with Crippen molar-refractivity contribution in [3.8, 4) is 0 Å². The lowest BCUT2D eigenvalue weighted by Gasteiger charge is -2.30. The second-order valence-electron chi connectivity index (χ2n) is 6.03. The normalized spacial score (nSPS) is 19.9. The second kappa shape index (κ2) is 7.46. The number of aliphatic imine (C=N–C) groups is 1. The summed E-state index contributed by atoms with van der Waals surface area (Å²) in [5.74, 6) is 0.205. The van der Waals surface area contributed by atoms with Crippen molar-refractivity contribution < 1.29 is 18.3 Å². The van der Waals surface area contributed by atoms with Crippen molar-refractivity contribution in [2.24, 2.45) is 10.7 Å². The molecule has 1 amide bonds. The van der Waals surface area contributed by atoms with E-state index in [2.05, 4.69) is 15.3 Å². The lowest BCUT2D eigenvalue weighted by atomic mass is 9.89. The number of aromatic nitrogens is 1. The third-order valence-corrected chi connectivity index (χ3v) is 4.85. The molecule has 0 spiro atoms. The second-order valence-corrected chi connectivity index (χ2v) is 7.15. The Balaban J connectivity index is 1.83. The number of anilines is 1. The standard InChI is InChI=1S/C17H19FN4O3S/c1-17(5-6-26-16(19)22-17)11-7-10(3-4-12(11)18)20-15(23)13-8-25-14(21-13)9-24-2/h3-4,7-8H,5-6,9H2,1-2H3,(H2,19,22)(H,20,23)/t17-/m0/s1. The molecule has 0 radical (unpaired) electrons. The zero-order valence-electron chi connectivity index (χ0n) is 14.4. The number of amidine groups is 1. The summed E-state index contributed by atoms with van der Waals surface area (Å²) in [5, 5.41) is 3.13. The molecular weight excluding hydrogens is 359 g/mol. The van der Waals surface area contributed by atoms with E-state index in [1.807, 2.05) is 6.92 Å². The average molecular weight is 378 g/mol. The van der Waals surface area contributed by atoms with Crippen molar-refractivity contribution in [2.45, 2.75) is 25.5 Å². The van der Waals surface area contributed by atoms with Crippen LogP contribution in [0.2, 0.25) is 0 Å². The van der Waals surface area contributed by atoms with Gasteiger partial charge >= 0.3 is 0 Å². The lowest BCUT2D eigenvalue weighted by Crippen LogP contribution is -2.29. The number of nitrogens with one attached hydrogen (secondary N) is 1. The molecule has 3 rings (SSSR count). The number of carbonyl (C=O) groups excluding carboxylic acids is 1. The summed E-state index contributed by atoms with van der Waals surface area (Å²) in [6, 6.07) is 4.37. The van der Waals surface area contributed by atoms with Crippen LogP contribution < -0.4 is 11.1 Å². The number of rotatable bonds is 5. The van der Waals surface area contributed by atoms with Crippen molar-refractivity contribution in [2.75, 3.05) is 18.2 Å². The summed E-state index contributed by atoms with van der Waals surface area (Å²) in [6.07, 6.45) is 1.90. The first-order valence-corrected chi connectivity index (χ1v) is 8.93. The SMILES string of the molecule is COCc1nc(C(=O)Nc2ccc(F)c([C@]3(C)CCSC(N)=N3)c2)co1. The fraction of sp³-hybridized carbons (Fsp3) is 0.353. The first-order valence-electron chi connectivity index (χ1n) is 7.94. The van der Waals surface area contributed by atoms with Crippen LogP contribution in [-0.4, -0.2) is 28.9 Å². The number of methoxy groups -OCH3 is 1. The van der Waals surface area contributed by atoms with E-state index in [1.54, 1.807) is 6.07 Å². The summed E-state index contributed by atoms with van der Waals surface area (Å²) < 4.78 is 24.4. The lowest BCUT2D eigenvalue weighted by molar-refractivity contribution is 0.102. The topological polar surface area (TPSA) is 103 Å². The number of benzene rings is 1. The molecule has 1 atom stereocenters. The molecule has 0 unspecified atom stereocenters. The van der Waals surface area contributed by atoms with Gasteiger partial charge in [0, 0.05) is 24.1 Å². The van der Waals surface area contributed by atoms with Crippen molar-refractivity contribution >= 4 is 28.5 Å². The molecule has 1 aromatic carbocycles. The average Bonchev–Trinajstić information content (AvgIpc) is 3.05. The first-order chi connectivity index (χ1) is 12.4. The van der Waals surface area contributed by atoms with Crippen LogP contribution in [-0.2, 0) is 16.9 Å². The van der Waals surface area contributed by atoms with E-state index in [1.165, 1.54) is 37.3 Å². The molecule has 0 fully saturated rings. The van der Waals surface area contributed by atoms with Gasteiger partial charge in [0.1, 0.15) is 18.7 Å². The van der Waals surface area contributed by atoms with Gasteiger partial charge in [-0.3, -0.25) is 9.79 Å². The number of ether oxygens (including phenoxy) is 1. The quantitative estimate of drug-likeness (QED) is 0.829. The fourth-order valence-corrected chi connectivity index (χ4v) is 3.67. The summed E-state index contributed by atoms with van der Waals surface area (Å²) in [4.78, 5) is 20.8. The molecule has 2 heterocycles. The Labute approximate surface area is 154 Å². The number of nitrogens with two attached hydrogens (primary N) is 1. The molecule has 0 saturated carbocycles. The molecule has 0 saturated heterocycles. The van der Waals surface area contributed by atoms with Crippen LogP contribution in [0.4, 0.5) is 10.1 Å². The van der Waals surface area contributed by atoms with Gasteiger partial charge in [0.2, 0.25) is 5.89 Å². The molecule has 0 bridgehead atoms. The van der Waals surface area contributed by atoms with E-state index >= 15 is 0 Å². The van der Waals surface area contributed by atoms with Gasteiger partial charge in [-0.1, -0.05) is 11.8 Å². The van der Waals surface area contributed by atoms with Gasteiger partial charge in [0.05, 0.1) is 5.54 Å². The highest BCUT2D eigenvalue weighted by Gasteiger charge is 2.32. The van der Waals surface area contributed by atoms with Crippen LogP contribution in [0.25, 0.3) is 0 Å². The van der Waals surface area contributed by atoms with Crippen molar-refractivity contribution in [1.29, 1.82) is 0 Å². The molecule has 2 aromatic rings. The third kappa shape index (κ3) is 3.88. The molecule has 138 valence electrons. The highest BCUT2D eigenvalue weighted by molar-refractivity contribution is 8.13. The Morgan fingerprint density at radius 3 is 3.08 bits per heavy atom. The zero-order chi connectivity index (χ0) is 18.7. The summed E-state index contributed by atoms with van der Waals surface area (Å²) in [5.41, 5.74) is 5.99. The zero-order valence-corrected chi connectivity index (χ0v) is 15.2. The minimum absolute atomic E-state index is 0.116. The predicted molar refractivity (Wildman–Crippen MR) is 97.6 cm³/mol. The maximum atomic E-state index is 14.4. The molecule has 1 aromatic heterocycles. The number of thioether (sulfide) groups is 1. The molecule has 0 aliphatic carbocycles. The summed E-state index contributed by atoms with van der Waals surface area (Å²) >= 11 is 1.45. The number of oxazole rings is 1. The monoisotopic (exact) mass is 378 g/mol. The number of halogens is 1. The van der Waals surface area contributed by atoms with E-state index in [-0.39, 0.29) is 12.3 Å².